The van der Waals surface area contributed by atoms with Gasteiger partial charge >= 0.3 is 0 Å². The summed E-state index contributed by atoms with van der Waals surface area (Å²) < 4.78 is 5.15. The Hall–Kier alpha value is -0.990. The average molecular weight is 326 g/mol. The number of halogens is 2. The van der Waals surface area contributed by atoms with Crippen molar-refractivity contribution < 1.29 is 4.74 Å². The molecule has 0 saturated heterocycles. The summed E-state index contributed by atoms with van der Waals surface area (Å²) in [7, 11) is 1.67. The molecule has 0 amide bonds. The summed E-state index contributed by atoms with van der Waals surface area (Å²) in [5, 5.41) is 0.815. The van der Waals surface area contributed by atoms with Gasteiger partial charge in [0.2, 0.25) is 0 Å². The lowest BCUT2D eigenvalue weighted by Gasteiger charge is -2.12. The molecule has 2 aromatic carbocycles. The van der Waals surface area contributed by atoms with Crippen LogP contribution in [-0.2, 0) is 6.42 Å². The molecule has 0 aliphatic rings. The van der Waals surface area contributed by atoms with Crippen molar-refractivity contribution in [2.45, 2.75) is 11.2 Å². The van der Waals surface area contributed by atoms with Crippen LogP contribution < -0.4 is 4.74 Å². The molecule has 94 valence electrons. The lowest BCUT2D eigenvalue weighted by atomic mass is 10.0. The van der Waals surface area contributed by atoms with Crippen molar-refractivity contribution in [3.05, 3.63) is 64.7 Å². The SMILES string of the molecule is COc1ccc(C(Br)Cc2ccccc2Cl)cc1. The molecule has 1 atom stereocenters. The maximum Gasteiger partial charge on any atom is 0.118 e. The normalized spacial score (nSPS) is 12.2. The summed E-state index contributed by atoms with van der Waals surface area (Å²) in [6, 6.07) is 16.0. The molecule has 3 heteroatoms. The third-order valence-electron chi connectivity index (χ3n) is 2.83. The Morgan fingerprint density at radius 2 is 1.78 bits per heavy atom. The number of hydrogen-bond donors (Lipinski definition) is 0. The fraction of sp³-hybridized carbons (Fsp3) is 0.200. The van der Waals surface area contributed by atoms with Crippen LogP contribution in [0.5, 0.6) is 5.75 Å². The molecule has 2 rings (SSSR count). The van der Waals surface area contributed by atoms with Gasteiger partial charge in [0.05, 0.1) is 7.11 Å². The topological polar surface area (TPSA) is 9.23 Å². The Bertz CT molecular complexity index is 510. The summed E-state index contributed by atoms with van der Waals surface area (Å²) in [5.74, 6) is 0.871. The Kier molecular flexibility index (Phi) is 4.67. The smallest absolute Gasteiger partial charge is 0.118 e. The quantitative estimate of drug-likeness (QED) is 0.717. The summed E-state index contributed by atoms with van der Waals surface area (Å²) in [6.07, 6.45) is 0.867. The molecule has 0 bridgehead atoms. The minimum Gasteiger partial charge on any atom is -0.497 e. The predicted molar refractivity (Wildman–Crippen MR) is 79.8 cm³/mol. The lowest BCUT2D eigenvalue weighted by molar-refractivity contribution is 0.414. The number of ether oxygens (including phenoxy) is 1. The van der Waals surface area contributed by atoms with Crippen LogP contribution in [0, 0.1) is 0 Å². The highest BCUT2D eigenvalue weighted by Gasteiger charge is 2.10. The van der Waals surface area contributed by atoms with Crippen molar-refractivity contribution in [2.75, 3.05) is 7.11 Å². The first-order valence-electron chi connectivity index (χ1n) is 5.72. The second kappa shape index (κ2) is 6.26. The molecule has 0 radical (unpaired) electrons. The number of hydrogen-bond acceptors (Lipinski definition) is 1. The van der Waals surface area contributed by atoms with Crippen molar-refractivity contribution in [3.8, 4) is 5.75 Å². The zero-order valence-electron chi connectivity index (χ0n) is 10.1. The Morgan fingerprint density at radius 3 is 2.39 bits per heavy atom. The van der Waals surface area contributed by atoms with Crippen LogP contribution in [0.4, 0.5) is 0 Å². The first kappa shape index (κ1) is 13.4. The fourth-order valence-electron chi connectivity index (χ4n) is 1.79. The monoisotopic (exact) mass is 324 g/mol. The van der Waals surface area contributed by atoms with Gasteiger partial charge < -0.3 is 4.74 Å². The fourth-order valence-corrected chi connectivity index (χ4v) is 2.65. The lowest BCUT2D eigenvalue weighted by Crippen LogP contribution is -1.96. The first-order valence-corrected chi connectivity index (χ1v) is 7.01. The van der Waals surface area contributed by atoms with Crippen LogP contribution in [0.1, 0.15) is 16.0 Å². The van der Waals surface area contributed by atoms with Crippen LogP contribution in [-0.4, -0.2) is 7.11 Å². The number of rotatable bonds is 4. The molecule has 0 heterocycles. The third-order valence-corrected chi connectivity index (χ3v) is 4.06. The zero-order valence-corrected chi connectivity index (χ0v) is 12.4. The van der Waals surface area contributed by atoms with Gasteiger partial charge in [-0.2, -0.15) is 0 Å². The summed E-state index contributed by atoms with van der Waals surface area (Å²) in [4.78, 5) is 0.253. The molecule has 1 nitrogen and oxygen atoms in total. The van der Waals surface area contributed by atoms with Crippen molar-refractivity contribution in [1.29, 1.82) is 0 Å². The minimum absolute atomic E-state index is 0.253. The second-order valence-electron chi connectivity index (χ2n) is 4.04. The summed E-state index contributed by atoms with van der Waals surface area (Å²) in [5.41, 5.74) is 2.37. The van der Waals surface area contributed by atoms with Gasteiger partial charge in [-0.05, 0) is 35.7 Å². The van der Waals surface area contributed by atoms with E-state index in [0.29, 0.717) is 0 Å². The van der Waals surface area contributed by atoms with E-state index in [0.717, 1.165) is 22.8 Å². The van der Waals surface area contributed by atoms with E-state index in [1.807, 2.05) is 30.3 Å². The Labute approximate surface area is 121 Å². The molecule has 0 aliphatic carbocycles. The van der Waals surface area contributed by atoms with Gasteiger partial charge in [-0.1, -0.05) is 57.9 Å². The Morgan fingerprint density at radius 1 is 1.11 bits per heavy atom. The molecule has 0 spiro atoms. The summed E-state index contributed by atoms with van der Waals surface area (Å²) >= 11 is 9.87. The van der Waals surface area contributed by atoms with Crippen LogP contribution in [0.15, 0.2) is 48.5 Å². The van der Waals surface area contributed by atoms with Gasteiger partial charge in [-0.3, -0.25) is 0 Å². The van der Waals surface area contributed by atoms with Crippen LogP contribution >= 0.6 is 27.5 Å². The van der Waals surface area contributed by atoms with E-state index in [4.69, 9.17) is 16.3 Å². The minimum atomic E-state index is 0.253. The van der Waals surface area contributed by atoms with Crippen LogP contribution in [0.3, 0.4) is 0 Å². The van der Waals surface area contributed by atoms with Gasteiger partial charge in [0.25, 0.3) is 0 Å². The van der Waals surface area contributed by atoms with E-state index in [2.05, 4.69) is 34.1 Å². The van der Waals surface area contributed by atoms with E-state index < -0.39 is 0 Å². The summed E-state index contributed by atoms with van der Waals surface area (Å²) in [6.45, 7) is 0. The molecule has 2 aromatic rings. The predicted octanol–water partition coefficient (Wildman–Crippen LogP) is 5.03. The highest BCUT2D eigenvalue weighted by molar-refractivity contribution is 9.09. The molecule has 0 fully saturated rings. The standard InChI is InChI=1S/C15H14BrClO/c1-18-13-8-6-11(7-9-13)14(16)10-12-4-2-3-5-15(12)17/h2-9,14H,10H2,1H3. The number of alkyl halides is 1. The van der Waals surface area contributed by atoms with Gasteiger partial charge in [0.1, 0.15) is 5.75 Å². The molecule has 0 saturated carbocycles. The van der Waals surface area contributed by atoms with E-state index >= 15 is 0 Å². The largest absolute Gasteiger partial charge is 0.497 e. The van der Waals surface area contributed by atoms with E-state index in [1.165, 1.54) is 5.56 Å². The van der Waals surface area contributed by atoms with E-state index in [9.17, 15) is 0 Å². The Balaban J connectivity index is 2.11. The van der Waals surface area contributed by atoms with Crippen molar-refractivity contribution >= 4 is 27.5 Å². The molecule has 1 unspecified atom stereocenters. The maximum absolute atomic E-state index is 6.16. The molecule has 0 N–H and O–H groups in total. The third kappa shape index (κ3) is 3.27. The highest BCUT2D eigenvalue weighted by Crippen LogP contribution is 2.30. The van der Waals surface area contributed by atoms with Crippen molar-refractivity contribution in [1.82, 2.24) is 0 Å². The zero-order chi connectivity index (χ0) is 13.0. The maximum atomic E-state index is 6.16. The van der Waals surface area contributed by atoms with Crippen LogP contribution in [0.25, 0.3) is 0 Å². The van der Waals surface area contributed by atoms with Gasteiger partial charge in [0.15, 0.2) is 0 Å². The van der Waals surface area contributed by atoms with E-state index in [1.54, 1.807) is 7.11 Å². The molecular weight excluding hydrogens is 312 g/mol. The van der Waals surface area contributed by atoms with Crippen molar-refractivity contribution in [2.24, 2.45) is 0 Å². The molecule has 18 heavy (non-hydrogen) atoms. The highest BCUT2D eigenvalue weighted by atomic mass is 79.9. The van der Waals surface area contributed by atoms with Crippen molar-refractivity contribution in [3.63, 3.8) is 0 Å². The molecule has 0 aliphatic heterocycles. The number of methoxy groups -OCH3 is 1. The van der Waals surface area contributed by atoms with Gasteiger partial charge in [0, 0.05) is 9.85 Å². The van der Waals surface area contributed by atoms with Crippen LogP contribution in [0.2, 0.25) is 5.02 Å². The average Bonchev–Trinajstić information content (AvgIpc) is 2.41. The van der Waals surface area contributed by atoms with E-state index in [-0.39, 0.29) is 4.83 Å². The van der Waals surface area contributed by atoms with Gasteiger partial charge in [-0.15, -0.1) is 0 Å². The first-order chi connectivity index (χ1) is 8.70. The molecule has 0 aromatic heterocycles. The second-order valence-corrected chi connectivity index (χ2v) is 5.55. The van der Waals surface area contributed by atoms with Gasteiger partial charge in [-0.25, -0.2) is 0 Å². The number of benzene rings is 2. The molecular formula is C15H14BrClO.